The zero-order valence-electron chi connectivity index (χ0n) is 12.4. The summed E-state index contributed by atoms with van der Waals surface area (Å²) in [6, 6.07) is 0. The van der Waals surface area contributed by atoms with Crippen LogP contribution in [0.25, 0.3) is 0 Å². The van der Waals surface area contributed by atoms with Crippen LogP contribution in [0.3, 0.4) is 0 Å². The number of nitrogens with one attached hydrogen (secondary N) is 1. The minimum absolute atomic E-state index is 0.119. The van der Waals surface area contributed by atoms with Crippen LogP contribution >= 0.6 is 11.3 Å². The van der Waals surface area contributed by atoms with E-state index in [9.17, 15) is 4.79 Å². The molecule has 0 saturated heterocycles. The number of amides is 1. The minimum atomic E-state index is -0.119. The average Bonchev–Trinajstić information content (AvgIpc) is 2.94. The summed E-state index contributed by atoms with van der Waals surface area (Å²) in [4.78, 5) is 16.0. The van der Waals surface area contributed by atoms with Crippen LogP contribution in [0.15, 0.2) is 5.38 Å². The van der Waals surface area contributed by atoms with E-state index in [4.69, 9.17) is 0 Å². The third kappa shape index (κ3) is 3.07. The number of rotatable bonds is 5. The van der Waals surface area contributed by atoms with E-state index in [2.05, 4.69) is 29.2 Å². The highest BCUT2D eigenvalue weighted by atomic mass is 32.1. The number of thiazole rings is 1. The van der Waals surface area contributed by atoms with Crippen LogP contribution in [0, 0.1) is 20.8 Å². The highest BCUT2D eigenvalue weighted by Gasteiger charge is 2.11. The standard InChI is InChI=1S/C14H20N4OS/c1-5-12-9(2)17-18(10(12)3)7-6-15-14(19)13-8-20-11(4)16-13/h8H,5-7H2,1-4H3,(H,15,19). The molecule has 2 heterocycles. The van der Waals surface area contributed by atoms with Gasteiger partial charge >= 0.3 is 0 Å². The van der Waals surface area contributed by atoms with Crippen molar-refractivity contribution in [3.05, 3.63) is 33.0 Å². The molecule has 0 unspecified atom stereocenters. The van der Waals surface area contributed by atoms with Crippen molar-refractivity contribution < 1.29 is 4.79 Å². The minimum Gasteiger partial charge on any atom is -0.349 e. The summed E-state index contributed by atoms with van der Waals surface area (Å²) in [6.45, 7) is 9.36. The van der Waals surface area contributed by atoms with Crippen LogP contribution in [-0.2, 0) is 13.0 Å². The van der Waals surface area contributed by atoms with Crippen LogP contribution in [0.5, 0.6) is 0 Å². The number of carbonyl (C=O) groups is 1. The molecule has 2 rings (SSSR count). The zero-order valence-corrected chi connectivity index (χ0v) is 13.2. The van der Waals surface area contributed by atoms with Gasteiger partial charge in [-0.2, -0.15) is 5.10 Å². The highest BCUT2D eigenvalue weighted by molar-refractivity contribution is 7.09. The molecule has 0 atom stereocenters. The molecular formula is C14H20N4OS. The lowest BCUT2D eigenvalue weighted by Crippen LogP contribution is -2.28. The quantitative estimate of drug-likeness (QED) is 0.919. The summed E-state index contributed by atoms with van der Waals surface area (Å²) in [5, 5.41) is 10.1. The number of hydrogen-bond acceptors (Lipinski definition) is 4. The molecule has 0 aliphatic rings. The van der Waals surface area contributed by atoms with Crippen LogP contribution in [0.4, 0.5) is 0 Å². The highest BCUT2D eigenvalue weighted by Crippen LogP contribution is 2.13. The van der Waals surface area contributed by atoms with Gasteiger partial charge in [0.05, 0.1) is 17.2 Å². The SMILES string of the molecule is CCc1c(C)nn(CCNC(=O)c2csc(C)n2)c1C. The van der Waals surface area contributed by atoms with Crippen LogP contribution in [0.2, 0.25) is 0 Å². The molecule has 0 fully saturated rings. The van der Waals surface area contributed by atoms with E-state index in [1.807, 2.05) is 18.5 Å². The molecule has 0 bridgehead atoms. The Morgan fingerprint density at radius 3 is 2.70 bits per heavy atom. The smallest absolute Gasteiger partial charge is 0.270 e. The molecule has 6 heteroatoms. The summed E-state index contributed by atoms with van der Waals surface area (Å²) >= 11 is 1.48. The third-order valence-corrected chi connectivity index (χ3v) is 4.12. The molecule has 2 aromatic rings. The first-order valence-corrected chi connectivity index (χ1v) is 7.64. The van der Waals surface area contributed by atoms with Crippen molar-refractivity contribution in [3.63, 3.8) is 0 Å². The van der Waals surface area contributed by atoms with Gasteiger partial charge in [0.2, 0.25) is 0 Å². The largest absolute Gasteiger partial charge is 0.349 e. The Balaban J connectivity index is 1.92. The average molecular weight is 292 g/mol. The maximum atomic E-state index is 11.9. The molecule has 2 aromatic heterocycles. The van der Waals surface area contributed by atoms with Crippen molar-refractivity contribution in [2.45, 2.75) is 40.7 Å². The summed E-state index contributed by atoms with van der Waals surface area (Å²) in [6.07, 6.45) is 0.988. The van der Waals surface area contributed by atoms with Gasteiger partial charge in [-0.15, -0.1) is 11.3 Å². The van der Waals surface area contributed by atoms with E-state index >= 15 is 0 Å². The maximum Gasteiger partial charge on any atom is 0.270 e. The Hall–Kier alpha value is -1.69. The summed E-state index contributed by atoms with van der Waals surface area (Å²) < 4.78 is 1.96. The van der Waals surface area contributed by atoms with Gasteiger partial charge in [0.1, 0.15) is 5.69 Å². The van der Waals surface area contributed by atoms with Gasteiger partial charge in [0.25, 0.3) is 5.91 Å². The molecule has 0 spiro atoms. The second kappa shape index (κ2) is 6.17. The Morgan fingerprint density at radius 2 is 2.15 bits per heavy atom. The molecule has 20 heavy (non-hydrogen) atoms. The normalized spacial score (nSPS) is 10.8. The van der Waals surface area contributed by atoms with Crippen molar-refractivity contribution in [1.82, 2.24) is 20.1 Å². The van der Waals surface area contributed by atoms with E-state index in [1.165, 1.54) is 22.6 Å². The van der Waals surface area contributed by atoms with E-state index in [0.717, 1.165) is 17.1 Å². The summed E-state index contributed by atoms with van der Waals surface area (Å²) in [7, 11) is 0. The second-order valence-electron chi connectivity index (χ2n) is 4.73. The molecule has 0 aromatic carbocycles. The van der Waals surface area contributed by atoms with Gasteiger partial charge in [0, 0.05) is 17.6 Å². The molecule has 1 N–H and O–H groups in total. The fourth-order valence-electron chi connectivity index (χ4n) is 2.30. The van der Waals surface area contributed by atoms with Crippen molar-refractivity contribution >= 4 is 17.2 Å². The number of nitrogens with zero attached hydrogens (tertiary/aromatic N) is 3. The van der Waals surface area contributed by atoms with E-state index in [-0.39, 0.29) is 5.91 Å². The van der Waals surface area contributed by atoms with E-state index in [1.54, 1.807) is 5.38 Å². The Bertz CT molecular complexity index is 615. The number of carbonyl (C=O) groups excluding carboxylic acids is 1. The van der Waals surface area contributed by atoms with Gasteiger partial charge in [-0.1, -0.05) is 6.92 Å². The molecule has 0 saturated carbocycles. The van der Waals surface area contributed by atoms with E-state index in [0.29, 0.717) is 18.8 Å². The lowest BCUT2D eigenvalue weighted by atomic mass is 10.1. The molecule has 0 aliphatic heterocycles. The monoisotopic (exact) mass is 292 g/mol. The summed E-state index contributed by atoms with van der Waals surface area (Å²) in [5.74, 6) is -0.119. The fraction of sp³-hybridized carbons (Fsp3) is 0.500. The van der Waals surface area contributed by atoms with Crippen molar-refractivity contribution in [2.24, 2.45) is 0 Å². The Labute approximate surface area is 123 Å². The number of aromatic nitrogens is 3. The Kier molecular flexibility index (Phi) is 4.54. The fourth-order valence-corrected chi connectivity index (χ4v) is 2.89. The van der Waals surface area contributed by atoms with E-state index < -0.39 is 0 Å². The first kappa shape index (κ1) is 14.7. The molecule has 108 valence electrons. The van der Waals surface area contributed by atoms with Gasteiger partial charge < -0.3 is 5.32 Å². The first-order valence-electron chi connectivity index (χ1n) is 6.76. The van der Waals surface area contributed by atoms with Crippen LogP contribution in [0.1, 0.15) is 39.4 Å². The molecular weight excluding hydrogens is 272 g/mol. The third-order valence-electron chi connectivity index (χ3n) is 3.35. The number of hydrogen-bond donors (Lipinski definition) is 1. The topological polar surface area (TPSA) is 59.8 Å². The Morgan fingerprint density at radius 1 is 1.40 bits per heavy atom. The van der Waals surface area contributed by atoms with Crippen molar-refractivity contribution in [2.75, 3.05) is 6.54 Å². The lowest BCUT2D eigenvalue weighted by Gasteiger charge is -2.06. The first-order chi connectivity index (χ1) is 9.52. The van der Waals surface area contributed by atoms with Crippen LogP contribution < -0.4 is 5.32 Å². The molecule has 5 nitrogen and oxygen atoms in total. The predicted octanol–water partition coefficient (Wildman–Crippen LogP) is 2.26. The zero-order chi connectivity index (χ0) is 14.7. The second-order valence-corrected chi connectivity index (χ2v) is 5.80. The van der Waals surface area contributed by atoms with Gasteiger partial charge in [-0.05, 0) is 32.8 Å². The van der Waals surface area contributed by atoms with Crippen LogP contribution in [-0.4, -0.2) is 27.2 Å². The van der Waals surface area contributed by atoms with Crippen molar-refractivity contribution in [1.29, 1.82) is 0 Å². The molecule has 0 radical (unpaired) electrons. The lowest BCUT2D eigenvalue weighted by molar-refractivity contribution is 0.0947. The maximum absolute atomic E-state index is 11.9. The van der Waals surface area contributed by atoms with Gasteiger partial charge in [0.15, 0.2) is 0 Å². The van der Waals surface area contributed by atoms with Gasteiger partial charge in [-0.3, -0.25) is 9.48 Å². The van der Waals surface area contributed by atoms with Crippen molar-refractivity contribution in [3.8, 4) is 0 Å². The molecule has 0 aliphatic carbocycles. The summed E-state index contributed by atoms with van der Waals surface area (Å²) in [5.41, 5.74) is 4.05. The predicted molar refractivity (Wildman–Crippen MR) is 80.3 cm³/mol. The number of aryl methyl sites for hydroxylation is 2. The molecule has 1 amide bonds. The van der Waals surface area contributed by atoms with Gasteiger partial charge in [-0.25, -0.2) is 4.98 Å².